The summed E-state index contributed by atoms with van der Waals surface area (Å²) >= 11 is 1.69. The van der Waals surface area contributed by atoms with Crippen LogP contribution in [0.3, 0.4) is 0 Å². The number of carbonyl (C=O) groups is 1. The number of ether oxygens (including phenoxy) is 3. The Morgan fingerprint density at radius 3 is 2.00 bits per heavy atom. The quantitative estimate of drug-likeness (QED) is 0.0788. The van der Waals surface area contributed by atoms with Crippen molar-refractivity contribution in [1.82, 2.24) is 20.1 Å². The van der Waals surface area contributed by atoms with Gasteiger partial charge in [0, 0.05) is 23.9 Å². The highest BCUT2D eigenvalue weighted by Gasteiger charge is 2.48. The van der Waals surface area contributed by atoms with E-state index in [-0.39, 0.29) is 5.91 Å². The molecule has 1 aromatic heterocycles. The highest BCUT2D eigenvalue weighted by molar-refractivity contribution is 7.99. The Bertz CT molecular complexity index is 2120. The Morgan fingerprint density at radius 1 is 0.698 bits per heavy atom. The molecule has 0 radical (unpaired) electrons. The summed E-state index contributed by atoms with van der Waals surface area (Å²) in [6.45, 7) is 0.556. The second-order valence-corrected chi connectivity index (χ2v) is 14.1. The molecule has 1 heterocycles. The van der Waals surface area contributed by atoms with Crippen molar-refractivity contribution in [3.8, 4) is 45.5 Å². The Hall–Kier alpha value is -5.54. The molecule has 0 unspecified atom stereocenters. The van der Waals surface area contributed by atoms with Crippen LogP contribution in [0.1, 0.15) is 42.4 Å². The molecular weight excluding hydrogens is 681 g/mol. The third kappa shape index (κ3) is 7.39. The molecule has 1 aliphatic carbocycles. The minimum atomic E-state index is -0.750. The number of carbonyl (C=O) groups excluding carboxylic acids is 1. The Balaban J connectivity index is 1.06. The fourth-order valence-corrected chi connectivity index (χ4v) is 8.27. The molecule has 0 atom stereocenters. The maximum Gasteiger partial charge on any atom is 0.235 e. The number of rotatable bonds is 16. The second-order valence-electron chi connectivity index (χ2n) is 13.1. The van der Waals surface area contributed by atoms with Gasteiger partial charge in [0.2, 0.25) is 5.91 Å². The van der Waals surface area contributed by atoms with Gasteiger partial charge in [-0.25, -0.2) is 0 Å². The SMILES string of the molecule is COc1ccc(CCNC(=O)C2(CCCCCSc3nnc(-c4ccc(OC)cc4)n3-c3cccc(OC)c3)c3ccccc3-c3ccccc32)cc1. The second kappa shape index (κ2) is 16.4. The summed E-state index contributed by atoms with van der Waals surface area (Å²) in [5, 5.41) is 13.4. The van der Waals surface area contributed by atoms with E-state index in [0.29, 0.717) is 6.54 Å². The van der Waals surface area contributed by atoms with E-state index in [1.807, 2.05) is 60.7 Å². The minimum absolute atomic E-state index is 0.0650. The lowest BCUT2D eigenvalue weighted by atomic mass is 9.73. The predicted molar refractivity (Wildman–Crippen MR) is 211 cm³/mol. The smallest absolute Gasteiger partial charge is 0.235 e. The number of amides is 1. The predicted octanol–water partition coefficient (Wildman–Crippen LogP) is 8.94. The summed E-state index contributed by atoms with van der Waals surface area (Å²) < 4.78 is 18.3. The first-order chi connectivity index (χ1) is 26.0. The standard InChI is InChI=1S/C44H44N4O4S/c1-50-34-22-18-31(19-23-34)26-28-45-42(49)44(39-16-7-5-14-37(39)38-15-6-8-17-40(38)44)27-9-4-10-29-53-43-47-46-41(32-20-24-35(51-2)25-21-32)48(43)33-12-11-13-36(30-33)52-3/h5-8,11-25,30H,4,9-10,26-29H2,1-3H3,(H,45,49). The maximum absolute atomic E-state index is 14.5. The topological polar surface area (TPSA) is 87.5 Å². The minimum Gasteiger partial charge on any atom is -0.497 e. The molecule has 8 nitrogen and oxygen atoms in total. The van der Waals surface area contributed by atoms with E-state index in [2.05, 4.69) is 80.7 Å². The fourth-order valence-electron chi connectivity index (χ4n) is 7.32. The molecule has 5 aromatic carbocycles. The van der Waals surface area contributed by atoms with Crippen LogP contribution in [-0.4, -0.2) is 54.3 Å². The average molecular weight is 725 g/mol. The van der Waals surface area contributed by atoms with Crippen molar-refractivity contribution in [3.05, 3.63) is 138 Å². The van der Waals surface area contributed by atoms with Crippen LogP contribution in [0, 0.1) is 0 Å². The molecule has 0 fully saturated rings. The molecule has 9 heteroatoms. The van der Waals surface area contributed by atoms with Crippen molar-refractivity contribution in [1.29, 1.82) is 0 Å². The van der Waals surface area contributed by atoms with E-state index < -0.39 is 5.41 Å². The first-order valence-corrected chi connectivity index (χ1v) is 19.0. The molecule has 0 spiro atoms. The summed E-state index contributed by atoms with van der Waals surface area (Å²) in [6, 6.07) is 40.7. The Morgan fingerprint density at radius 2 is 1.34 bits per heavy atom. The Labute approximate surface area is 315 Å². The molecule has 6 aromatic rings. The first kappa shape index (κ1) is 35.8. The summed E-state index contributed by atoms with van der Waals surface area (Å²) in [4.78, 5) is 14.5. The molecule has 270 valence electrons. The number of unbranched alkanes of at least 4 members (excludes halogenated alkanes) is 2. The number of fused-ring (bicyclic) bond motifs is 3. The summed E-state index contributed by atoms with van der Waals surface area (Å²) in [7, 11) is 5.00. The van der Waals surface area contributed by atoms with Gasteiger partial charge >= 0.3 is 0 Å². The zero-order valence-electron chi connectivity index (χ0n) is 30.4. The lowest BCUT2D eigenvalue weighted by molar-refractivity contribution is -0.125. The number of nitrogens with zero attached hydrogens (tertiary/aromatic N) is 3. The number of thioether (sulfide) groups is 1. The highest BCUT2D eigenvalue weighted by Crippen LogP contribution is 2.51. The van der Waals surface area contributed by atoms with E-state index in [1.165, 1.54) is 0 Å². The van der Waals surface area contributed by atoms with Gasteiger partial charge < -0.3 is 19.5 Å². The van der Waals surface area contributed by atoms with Gasteiger partial charge in [0.05, 0.1) is 27.0 Å². The van der Waals surface area contributed by atoms with Crippen molar-refractivity contribution in [2.24, 2.45) is 0 Å². The third-order valence-electron chi connectivity index (χ3n) is 10.0. The molecule has 0 saturated heterocycles. The van der Waals surface area contributed by atoms with Gasteiger partial charge in [-0.2, -0.15) is 0 Å². The molecule has 53 heavy (non-hydrogen) atoms. The third-order valence-corrected chi connectivity index (χ3v) is 11.0. The van der Waals surface area contributed by atoms with Gasteiger partial charge in [0.15, 0.2) is 11.0 Å². The van der Waals surface area contributed by atoms with Crippen LogP contribution < -0.4 is 19.5 Å². The first-order valence-electron chi connectivity index (χ1n) is 18.0. The van der Waals surface area contributed by atoms with E-state index >= 15 is 0 Å². The van der Waals surface area contributed by atoms with Crippen LogP contribution in [0.5, 0.6) is 17.2 Å². The van der Waals surface area contributed by atoms with Gasteiger partial charge in [-0.15, -0.1) is 10.2 Å². The van der Waals surface area contributed by atoms with Crippen LogP contribution in [-0.2, 0) is 16.6 Å². The van der Waals surface area contributed by atoms with Crippen LogP contribution in [0.25, 0.3) is 28.2 Å². The average Bonchev–Trinajstić information content (AvgIpc) is 3.77. The maximum atomic E-state index is 14.5. The van der Waals surface area contributed by atoms with Crippen molar-refractivity contribution in [2.75, 3.05) is 33.6 Å². The summed E-state index contributed by atoms with van der Waals surface area (Å²) in [6.07, 6.45) is 4.30. The van der Waals surface area contributed by atoms with Gasteiger partial charge in [-0.1, -0.05) is 91.3 Å². The number of hydrogen-bond acceptors (Lipinski definition) is 7. The molecule has 1 N–H and O–H groups in total. The molecular formula is C44H44N4O4S. The van der Waals surface area contributed by atoms with Gasteiger partial charge in [0.1, 0.15) is 22.7 Å². The number of hydrogen-bond donors (Lipinski definition) is 1. The number of methoxy groups -OCH3 is 3. The largest absolute Gasteiger partial charge is 0.497 e. The van der Waals surface area contributed by atoms with E-state index in [9.17, 15) is 4.79 Å². The Kier molecular flexibility index (Phi) is 11.1. The molecule has 0 saturated carbocycles. The van der Waals surface area contributed by atoms with Gasteiger partial charge in [-0.05, 0) is 95.6 Å². The summed E-state index contributed by atoms with van der Waals surface area (Å²) in [5.41, 5.74) is 6.76. The van der Waals surface area contributed by atoms with E-state index in [4.69, 9.17) is 14.2 Å². The summed E-state index contributed by atoms with van der Waals surface area (Å²) in [5.74, 6) is 4.05. The van der Waals surface area contributed by atoms with Crippen molar-refractivity contribution < 1.29 is 19.0 Å². The molecule has 1 aliphatic rings. The van der Waals surface area contributed by atoms with E-state index in [1.54, 1.807) is 33.1 Å². The molecule has 0 bridgehead atoms. The fraction of sp³-hybridized carbons (Fsp3) is 0.250. The van der Waals surface area contributed by atoms with Crippen LogP contribution in [0.15, 0.2) is 126 Å². The lowest BCUT2D eigenvalue weighted by Gasteiger charge is -2.31. The zero-order valence-corrected chi connectivity index (χ0v) is 31.2. The molecule has 7 rings (SSSR count). The highest BCUT2D eigenvalue weighted by atomic mass is 32.2. The van der Waals surface area contributed by atoms with Crippen molar-refractivity contribution >= 4 is 17.7 Å². The number of benzene rings is 5. The number of aromatic nitrogens is 3. The normalized spacial score (nSPS) is 12.5. The monoisotopic (exact) mass is 724 g/mol. The van der Waals surface area contributed by atoms with Crippen LogP contribution in [0.4, 0.5) is 0 Å². The van der Waals surface area contributed by atoms with Gasteiger partial charge in [-0.3, -0.25) is 9.36 Å². The molecule has 1 amide bonds. The van der Waals surface area contributed by atoms with Gasteiger partial charge in [0.25, 0.3) is 0 Å². The van der Waals surface area contributed by atoms with Crippen LogP contribution in [0.2, 0.25) is 0 Å². The van der Waals surface area contributed by atoms with Crippen LogP contribution >= 0.6 is 11.8 Å². The molecule has 0 aliphatic heterocycles. The lowest BCUT2D eigenvalue weighted by Crippen LogP contribution is -2.45. The zero-order chi connectivity index (χ0) is 36.6. The van der Waals surface area contributed by atoms with Crippen molar-refractivity contribution in [2.45, 2.75) is 42.7 Å². The van der Waals surface area contributed by atoms with E-state index in [0.717, 1.165) is 105 Å². The van der Waals surface area contributed by atoms with Crippen molar-refractivity contribution in [3.63, 3.8) is 0 Å². The number of nitrogens with one attached hydrogen (secondary N) is 1.